The lowest BCUT2D eigenvalue weighted by molar-refractivity contribution is -0.130. The van der Waals surface area contributed by atoms with Gasteiger partial charge in [0.15, 0.2) is 6.10 Å². The molecule has 0 aromatic carbocycles. The van der Waals surface area contributed by atoms with Crippen LogP contribution in [0, 0.1) is 11.8 Å². The number of aryl methyl sites for hydroxylation is 1. The molecule has 23 heavy (non-hydrogen) atoms. The van der Waals surface area contributed by atoms with E-state index in [9.17, 15) is 14.4 Å². The quantitative estimate of drug-likeness (QED) is 0.823. The first-order valence-electron chi connectivity index (χ1n) is 7.70. The number of hydrogen-bond acceptors (Lipinski definition) is 5. The molecule has 0 spiro atoms. The van der Waals surface area contributed by atoms with E-state index in [1.807, 2.05) is 11.4 Å². The number of urea groups is 1. The third-order valence-corrected chi connectivity index (χ3v) is 5.09. The van der Waals surface area contributed by atoms with E-state index in [2.05, 4.69) is 6.92 Å². The predicted octanol–water partition coefficient (Wildman–Crippen LogP) is 2.25. The summed E-state index contributed by atoms with van der Waals surface area (Å²) in [6, 6.07) is 0.902. The van der Waals surface area contributed by atoms with Gasteiger partial charge >= 0.3 is 12.0 Å². The number of amides is 3. The van der Waals surface area contributed by atoms with Crippen molar-refractivity contribution >= 4 is 29.2 Å². The van der Waals surface area contributed by atoms with Crippen LogP contribution in [-0.2, 0) is 22.4 Å². The van der Waals surface area contributed by atoms with Crippen molar-refractivity contribution in [1.82, 2.24) is 5.32 Å². The highest BCUT2D eigenvalue weighted by Gasteiger charge is 2.29. The summed E-state index contributed by atoms with van der Waals surface area (Å²) in [6.07, 6.45) is 2.02. The third kappa shape index (κ3) is 4.31. The lowest BCUT2D eigenvalue weighted by Gasteiger charge is -2.19. The number of carbonyl (C=O) groups excluding carboxylic acids is 3. The summed E-state index contributed by atoms with van der Waals surface area (Å²) < 4.78 is 5.32. The maximum Gasteiger partial charge on any atom is 0.349 e. The van der Waals surface area contributed by atoms with Crippen LogP contribution in [0.15, 0.2) is 6.07 Å². The Bertz CT molecular complexity index is 624. The van der Waals surface area contributed by atoms with Gasteiger partial charge in [-0.3, -0.25) is 10.1 Å². The Balaban J connectivity index is 2.10. The highest BCUT2D eigenvalue weighted by molar-refractivity contribution is 7.14. The van der Waals surface area contributed by atoms with E-state index in [4.69, 9.17) is 10.5 Å². The predicted molar refractivity (Wildman–Crippen MR) is 87.3 cm³/mol. The molecule has 0 bridgehead atoms. The van der Waals surface area contributed by atoms with Crippen LogP contribution in [0.5, 0.6) is 0 Å². The zero-order valence-electron chi connectivity index (χ0n) is 13.5. The van der Waals surface area contributed by atoms with Gasteiger partial charge in [0.1, 0.15) is 4.88 Å². The Morgan fingerprint density at radius 3 is 2.70 bits per heavy atom. The molecule has 0 saturated heterocycles. The fourth-order valence-corrected chi connectivity index (χ4v) is 3.76. The number of carbonyl (C=O) groups is 3. The third-order valence-electron chi connectivity index (χ3n) is 3.87. The van der Waals surface area contributed by atoms with Crippen LogP contribution >= 0.6 is 11.3 Å². The Morgan fingerprint density at radius 1 is 1.39 bits per heavy atom. The second-order valence-corrected chi connectivity index (χ2v) is 7.47. The van der Waals surface area contributed by atoms with Crippen LogP contribution in [0.4, 0.5) is 4.79 Å². The van der Waals surface area contributed by atoms with E-state index in [1.165, 1.54) is 21.8 Å². The van der Waals surface area contributed by atoms with E-state index in [0.717, 1.165) is 19.3 Å². The maximum absolute atomic E-state index is 12.3. The molecule has 0 radical (unpaired) electrons. The lowest BCUT2D eigenvalue weighted by Crippen LogP contribution is -2.45. The monoisotopic (exact) mass is 338 g/mol. The Labute approximate surface area is 139 Å². The van der Waals surface area contributed by atoms with Gasteiger partial charge in [0, 0.05) is 4.88 Å². The molecule has 6 nitrogen and oxygen atoms in total. The molecule has 1 aromatic heterocycles. The number of nitrogens with one attached hydrogen (secondary N) is 1. The van der Waals surface area contributed by atoms with Crippen LogP contribution in [0.2, 0.25) is 0 Å². The average Bonchev–Trinajstić information content (AvgIpc) is 2.86. The fourth-order valence-electron chi connectivity index (χ4n) is 2.66. The normalized spacial score (nSPS) is 18.2. The maximum atomic E-state index is 12.3. The Kier molecular flexibility index (Phi) is 5.41. The van der Waals surface area contributed by atoms with E-state index >= 15 is 0 Å². The molecule has 2 atom stereocenters. The molecule has 2 rings (SSSR count). The van der Waals surface area contributed by atoms with Gasteiger partial charge in [-0.25, -0.2) is 9.59 Å². The van der Waals surface area contributed by atoms with Crippen LogP contribution in [0.1, 0.15) is 47.3 Å². The number of imide groups is 1. The van der Waals surface area contributed by atoms with Crippen LogP contribution in [0.25, 0.3) is 0 Å². The van der Waals surface area contributed by atoms with Gasteiger partial charge in [-0.05, 0) is 42.7 Å². The molecule has 0 fully saturated rings. The van der Waals surface area contributed by atoms with Gasteiger partial charge in [-0.1, -0.05) is 20.8 Å². The summed E-state index contributed by atoms with van der Waals surface area (Å²) in [4.78, 5) is 36.8. The minimum Gasteiger partial charge on any atom is -0.448 e. The number of esters is 1. The van der Waals surface area contributed by atoms with Crippen molar-refractivity contribution < 1.29 is 19.1 Å². The largest absolute Gasteiger partial charge is 0.448 e. The molecule has 0 aliphatic heterocycles. The molecule has 1 aliphatic carbocycles. The van der Waals surface area contributed by atoms with Gasteiger partial charge in [0.05, 0.1) is 0 Å². The van der Waals surface area contributed by atoms with Gasteiger partial charge < -0.3 is 10.5 Å². The smallest absolute Gasteiger partial charge is 0.349 e. The molecule has 0 unspecified atom stereocenters. The van der Waals surface area contributed by atoms with Gasteiger partial charge in [-0.2, -0.15) is 0 Å². The summed E-state index contributed by atoms with van der Waals surface area (Å²) in [5.41, 5.74) is 6.14. The van der Waals surface area contributed by atoms with Crippen LogP contribution in [-0.4, -0.2) is 24.0 Å². The van der Waals surface area contributed by atoms with Crippen molar-refractivity contribution in [2.75, 3.05) is 0 Å². The van der Waals surface area contributed by atoms with Crippen molar-refractivity contribution in [3.05, 3.63) is 21.4 Å². The summed E-state index contributed by atoms with van der Waals surface area (Å²) in [6.45, 7) is 5.67. The minimum atomic E-state index is -1.05. The summed E-state index contributed by atoms with van der Waals surface area (Å²) >= 11 is 1.43. The number of nitrogens with two attached hydrogens (primary N) is 1. The Hall–Kier alpha value is -1.89. The Morgan fingerprint density at radius 2 is 2.09 bits per heavy atom. The number of ether oxygens (including phenoxy) is 1. The topological polar surface area (TPSA) is 98.5 Å². The molecule has 7 heteroatoms. The molecule has 3 amide bonds. The number of fused-ring (bicyclic) bond motifs is 1. The van der Waals surface area contributed by atoms with Gasteiger partial charge in [-0.15, -0.1) is 11.3 Å². The standard InChI is InChI=1S/C16H22N2O4S/c1-8(2)13(14(19)18-16(17)21)22-15(20)12-7-10-6-9(3)4-5-11(10)23-12/h7-9,13H,4-6H2,1-3H3,(H3,17,18,19,21)/t9-,13+/m0/s1. The molecule has 1 aliphatic rings. The van der Waals surface area contributed by atoms with Gasteiger partial charge in [0.2, 0.25) is 0 Å². The molecule has 3 N–H and O–H groups in total. The van der Waals surface area contributed by atoms with Crippen molar-refractivity contribution in [2.24, 2.45) is 17.6 Å². The summed E-state index contributed by atoms with van der Waals surface area (Å²) in [7, 11) is 0. The second-order valence-electron chi connectivity index (χ2n) is 6.33. The molecular weight excluding hydrogens is 316 g/mol. The van der Waals surface area contributed by atoms with Crippen molar-refractivity contribution in [3.63, 3.8) is 0 Å². The summed E-state index contributed by atoms with van der Waals surface area (Å²) in [5, 5.41) is 1.96. The zero-order chi connectivity index (χ0) is 17.1. The van der Waals surface area contributed by atoms with Crippen molar-refractivity contribution in [3.8, 4) is 0 Å². The first-order chi connectivity index (χ1) is 10.8. The van der Waals surface area contributed by atoms with E-state index in [-0.39, 0.29) is 5.92 Å². The lowest BCUT2D eigenvalue weighted by atomic mass is 9.90. The molecule has 0 saturated carbocycles. The average molecular weight is 338 g/mol. The zero-order valence-corrected chi connectivity index (χ0v) is 14.4. The van der Waals surface area contributed by atoms with Crippen LogP contribution < -0.4 is 11.1 Å². The van der Waals surface area contributed by atoms with E-state index in [0.29, 0.717) is 10.8 Å². The number of thiophene rings is 1. The number of rotatable bonds is 4. The first-order valence-corrected chi connectivity index (χ1v) is 8.52. The van der Waals surface area contributed by atoms with Crippen molar-refractivity contribution in [1.29, 1.82) is 0 Å². The van der Waals surface area contributed by atoms with E-state index < -0.39 is 24.0 Å². The first kappa shape index (κ1) is 17.5. The number of primary amides is 1. The summed E-state index contributed by atoms with van der Waals surface area (Å²) in [5.74, 6) is -0.884. The SMILES string of the molecule is CC(C)[C@@H](OC(=O)c1cc2c(s1)CC[C@H](C)C2)C(=O)NC(N)=O. The molecule has 1 heterocycles. The minimum absolute atomic E-state index is 0.270. The second kappa shape index (κ2) is 7.12. The molecular formula is C16H22N2O4S. The molecule has 1 aromatic rings. The molecule has 126 valence electrons. The highest BCUT2D eigenvalue weighted by Crippen LogP contribution is 2.32. The number of hydrogen-bond donors (Lipinski definition) is 2. The van der Waals surface area contributed by atoms with E-state index in [1.54, 1.807) is 13.8 Å². The highest BCUT2D eigenvalue weighted by atomic mass is 32.1. The van der Waals surface area contributed by atoms with Crippen molar-refractivity contribution in [2.45, 2.75) is 46.1 Å². The van der Waals surface area contributed by atoms with Gasteiger partial charge in [0.25, 0.3) is 5.91 Å². The fraction of sp³-hybridized carbons (Fsp3) is 0.562. The van der Waals surface area contributed by atoms with Crippen LogP contribution in [0.3, 0.4) is 0 Å².